The zero-order valence-corrected chi connectivity index (χ0v) is 19.2. The third-order valence-electron chi connectivity index (χ3n) is 5.39. The summed E-state index contributed by atoms with van der Waals surface area (Å²) in [5.74, 6) is -0.118. The van der Waals surface area contributed by atoms with Crippen molar-refractivity contribution in [2.45, 2.75) is 30.6 Å². The number of likely N-dealkylation sites (N-methyl/N-ethyl adjacent to an activating group) is 1. The lowest BCUT2D eigenvalue weighted by Crippen LogP contribution is -2.35. The Morgan fingerprint density at radius 1 is 1.03 bits per heavy atom. The minimum absolute atomic E-state index is 0.0985. The topological polar surface area (TPSA) is 96.0 Å². The second kappa shape index (κ2) is 10.6. The number of anilines is 1. The third kappa shape index (κ3) is 5.86. The highest BCUT2D eigenvalue weighted by Gasteiger charge is 2.26. The van der Waals surface area contributed by atoms with Crippen molar-refractivity contribution in [3.05, 3.63) is 54.1 Å². The first kappa shape index (κ1) is 23.7. The zero-order chi connectivity index (χ0) is 23.1. The first-order valence-corrected chi connectivity index (χ1v) is 12.0. The van der Waals surface area contributed by atoms with E-state index in [1.165, 1.54) is 28.4 Å². The molecule has 9 heteroatoms. The second-order valence-corrected chi connectivity index (χ2v) is 9.72. The van der Waals surface area contributed by atoms with Gasteiger partial charge in [-0.05, 0) is 55.3 Å². The summed E-state index contributed by atoms with van der Waals surface area (Å²) >= 11 is 0. The number of benzene rings is 2. The van der Waals surface area contributed by atoms with E-state index >= 15 is 0 Å². The van der Waals surface area contributed by atoms with Gasteiger partial charge >= 0.3 is 0 Å². The summed E-state index contributed by atoms with van der Waals surface area (Å²) in [4.78, 5) is 26.5. The number of sulfonamides is 1. The molecule has 1 N–H and O–H groups in total. The number of carbonyl (C=O) groups excluding carboxylic acids is 2. The van der Waals surface area contributed by atoms with E-state index in [1.54, 1.807) is 43.5 Å². The molecule has 0 aromatic heterocycles. The molecule has 0 aliphatic carbocycles. The monoisotopic (exact) mass is 459 g/mol. The number of carbonyl (C=O) groups is 2. The van der Waals surface area contributed by atoms with Crippen molar-refractivity contribution in [1.29, 1.82) is 0 Å². The number of nitrogens with one attached hydrogen (secondary N) is 1. The van der Waals surface area contributed by atoms with Gasteiger partial charge in [0, 0.05) is 31.4 Å². The van der Waals surface area contributed by atoms with Crippen molar-refractivity contribution in [3.8, 4) is 5.75 Å². The highest BCUT2D eigenvalue weighted by atomic mass is 32.2. The van der Waals surface area contributed by atoms with Crippen molar-refractivity contribution < 1.29 is 22.7 Å². The number of ether oxygens (including phenoxy) is 1. The van der Waals surface area contributed by atoms with Crippen LogP contribution >= 0.6 is 0 Å². The Morgan fingerprint density at radius 3 is 2.31 bits per heavy atom. The maximum absolute atomic E-state index is 13.0. The number of rotatable bonds is 7. The molecular formula is C23H29N3O5S. The number of methoxy groups -OCH3 is 1. The zero-order valence-electron chi connectivity index (χ0n) is 18.4. The van der Waals surface area contributed by atoms with E-state index in [2.05, 4.69) is 5.32 Å². The molecule has 1 saturated heterocycles. The predicted octanol–water partition coefficient (Wildman–Crippen LogP) is 2.97. The Hall–Kier alpha value is -2.91. The maximum atomic E-state index is 13.0. The predicted molar refractivity (Wildman–Crippen MR) is 122 cm³/mol. The molecule has 1 aliphatic rings. The molecule has 0 spiro atoms. The molecule has 172 valence electrons. The van der Waals surface area contributed by atoms with Crippen LogP contribution in [0.3, 0.4) is 0 Å². The Kier molecular flexibility index (Phi) is 7.87. The van der Waals surface area contributed by atoms with Crippen LogP contribution in [0.4, 0.5) is 5.69 Å². The molecule has 2 aromatic carbocycles. The molecule has 1 heterocycles. The van der Waals surface area contributed by atoms with E-state index in [0.717, 1.165) is 25.7 Å². The van der Waals surface area contributed by atoms with Crippen LogP contribution in [0.1, 0.15) is 36.0 Å². The van der Waals surface area contributed by atoms with E-state index in [1.807, 2.05) is 0 Å². The molecule has 0 atom stereocenters. The van der Waals surface area contributed by atoms with E-state index in [4.69, 9.17) is 4.74 Å². The molecule has 0 unspecified atom stereocenters. The number of hydrogen-bond acceptors (Lipinski definition) is 5. The fourth-order valence-electron chi connectivity index (χ4n) is 3.60. The minimum atomic E-state index is -3.66. The van der Waals surface area contributed by atoms with Crippen LogP contribution in [0.15, 0.2) is 53.4 Å². The lowest BCUT2D eigenvalue weighted by molar-refractivity contribution is -0.116. The quantitative estimate of drug-likeness (QED) is 0.687. The van der Waals surface area contributed by atoms with Crippen molar-refractivity contribution in [2.24, 2.45) is 0 Å². The summed E-state index contributed by atoms with van der Waals surface area (Å²) in [6, 6.07) is 12.9. The Bertz CT molecular complexity index is 1050. The standard InChI is InChI=1S/C23H29N3O5S/c1-25(17-22(27)24-19-10-12-20(31-2)13-11-19)23(28)18-8-7-9-21(16-18)32(29,30)26-14-5-3-4-6-15-26/h7-13,16H,3-6,14-15,17H2,1-2H3,(H,24,27). The van der Waals surface area contributed by atoms with Crippen molar-refractivity contribution in [3.63, 3.8) is 0 Å². The van der Waals surface area contributed by atoms with Gasteiger partial charge in [-0.25, -0.2) is 8.42 Å². The summed E-state index contributed by atoms with van der Waals surface area (Å²) in [6.07, 6.45) is 3.72. The van der Waals surface area contributed by atoms with Gasteiger partial charge in [-0.15, -0.1) is 0 Å². The molecule has 3 rings (SSSR count). The lowest BCUT2D eigenvalue weighted by Gasteiger charge is -2.21. The van der Waals surface area contributed by atoms with Crippen LogP contribution in [-0.2, 0) is 14.8 Å². The highest BCUT2D eigenvalue weighted by molar-refractivity contribution is 7.89. The molecular weight excluding hydrogens is 430 g/mol. The van der Waals surface area contributed by atoms with Gasteiger partial charge in [-0.1, -0.05) is 18.9 Å². The van der Waals surface area contributed by atoms with Crippen molar-refractivity contribution in [1.82, 2.24) is 9.21 Å². The highest BCUT2D eigenvalue weighted by Crippen LogP contribution is 2.21. The van der Waals surface area contributed by atoms with E-state index in [0.29, 0.717) is 24.5 Å². The number of amides is 2. The van der Waals surface area contributed by atoms with Gasteiger partial charge in [0.15, 0.2) is 0 Å². The fourth-order valence-corrected chi connectivity index (χ4v) is 5.17. The SMILES string of the molecule is COc1ccc(NC(=O)CN(C)C(=O)c2cccc(S(=O)(=O)N3CCCCCC3)c2)cc1. The van der Waals surface area contributed by atoms with Gasteiger partial charge in [-0.2, -0.15) is 4.31 Å². The van der Waals surface area contributed by atoms with Crippen molar-refractivity contribution >= 4 is 27.5 Å². The second-order valence-electron chi connectivity index (χ2n) is 7.78. The van der Waals surface area contributed by atoms with Gasteiger partial charge in [0.2, 0.25) is 15.9 Å². The van der Waals surface area contributed by atoms with Crippen LogP contribution in [-0.4, -0.2) is 63.2 Å². The van der Waals surface area contributed by atoms with Crippen LogP contribution in [0.5, 0.6) is 5.75 Å². The van der Waals surface area contributed by atoms with Crippen LogP contribution in [0.2, 0.25) is 0 Å². The summed E-state index contributed by atoms with van der Waals surface area (Å²) in [7, 11) is -0.600. The van der Waals surface area contributed by atoms with Gasteiger partial charge in [0.25, 0.3) is 5.91 Å². The average Bonchev–Trinajstić information content (AvgIpc) is 3.09. The molecule has 0 saturated carbocycles. The van der Waals surface area contributed by atoms with Gasteiger partial charge in [0.05, 0.1) is 18.6 Å². The average molecular weight is 460 g/mol. The van der Waals surface area contributed by atoms with Crippen molar-refractivity contribution in [2.75, 3.05) is 39.1 Å². The maximum Gasteiger partial charge on any atom is 0.254 e. The Morgan fingerprint density at radius 2 is 1.69 bits per heavy atom. The minimum Gasteiger partial charge on any atom is -0.497 e. The third-order valence-corrected chi connectivity index (χ3v) is 7.28. The summed E-state index contributed by atoms with van der Waals surface area (Å²) in [5, 5.41) is 2.72. The molecule has 32 heavy (non-hydrogen) atoms. The van der Waals surface area contributed by atoms with Gasteiger partial charge < -0.3 is 15.0 Å². The molecule has 0 bridgehead atoms. The lowest BCUT2D eigenvalue weighted by atomic mass is 10.2. The van der Waals surface area contributed by atoms with Crippen LogP contribution in [0, 0.1) is 0 Å². The molecule has 1 fully saturated rings. The molecule has 2 amide bonds. The van der Waals surface area contributed by atoms with Gasteiger partial charge in [-0.3, -0.25) is 9.59 Å². The van der Waals surface area contributed by atoms with Crippen LogP contribution in [0.25, 0.3) is 0 Å². The largest absolute Gasteiger partial charge is 0.497 e. The van der Waals surface area contributed by atoms with E-state index < -0.39 is 15.9 Å². The molecule has 2 aromatic rings. The normalized spacial score (nSPS) is 14.9. The smallest absolute Gasteiger partial charge is 0.254 e. The van der Waals surface area contributed by atoms with E-state index in [-0.39, 0.29) is 22.9 Å². The van der Waals surface area contributed by atoms with E-state index in [9.17, 15) is 18.0 Å². The first-order chi connectivity index (χ1) is 15.3. The van der Waals surface area contributed by atoms with Gasteiger partial charge in [0.1, 0.15) is 5.75 Å². The molecule has 1 aliphatic heterocycles. The molecule has 8 nitrogen and oxygen atoms in total. The first-order valence-electron chi connectivity index (χ1n) is 10.6. The summed E-state index contributed by atoms with van der Waals surface area (Å²) in [5.41, 5.74) is 0.808. The Balaban J connectivity index is 1.66. The summed E-state index contributed by atoms with van der Waals surface area (Å²) < 4.78 is 32.7. The molecule has 0 radical (unpaired) electrons. The number of nitrogens with zero attached hydrogens (tertiary/aromatic N) is 2. The Labute approximate surface area is 189 Å². The van der Waals surface area contributed by atoms with Crippen LogP contribution < -0.4 is 10.1 Å². The number of hydrogen-bond donors (Lipinski definition) is 1. The summed E-state index contributed by atoms with van der Waals surface area (Å²) in [6.45, 7) is 0.811. The fraction of sp³-hybridized carbons (Fsp3) is 0.391.